The molecule has 1 aliphatic carbocycles. The van der Waals surface area contributed by atoms with Crippen molar-refractivity contribution in [2.24, 2.45) is 0 Å². The average Bonchev–Trinajstić information content (AvgIpc) is 2.12. The number of hydrogen-bond donors (Lipinski definition) is 0. The van der Waals surface area contributed by atoms with Crippen LogP contribution >= 0.6 is 11.6 Å². The van der Waals surface area contributed by atoms with Gasteiger partial charge in [0.1, 0.15) is 0 Å². The van der Waals surface area contributed by atoms with E-state index in [1.807, 2.05) is 0 Å². The first-order chi connectivity index (χ1) is 5.79. The highest BCUT2D eigenvalue weighted by atomic mass is 35.5. The highest BCUT2D eigenvalue weighted by Gasteiger charge is 2.12. The maximum Gasteiger partial charge on any atom is 0.0469 e. The first-order valence-corrected chi connectivity index (χ1v) is 4.93. The molecule has 0 bridgehead atoms. The zero-order chi connectivity index (χ0) is 8.55. The largest absolute Gasteiger partial charge is 0.0837 e. The van der Waals surface area contributed by atoms with Gasteiger partial charge in [0.15, 0.2) is 0 Å². The fourth-order valence-corrected chi connectivity index (χ4v) is 2.18. The van der Waals surface area contributed by atoms with E-state index in [9.17, 15) is 0 Å². The summed E-state index contributed by atoms with van der Waals surface area (Å²) in [6.07, 6.45) is 5.02. The van der Waals surface area contributed by atoms with Crippen LogP contribution in [0.5, 0.6) is 0 Å². The van der Waals surface area contributed by atoms with E-state index in [2.05, 4.69) is 19.1 Å². The van der Waals surface area contributed by atoms with Gasteiger partial charge in [0.2, 0.25) is 0 Å². The lowest BCUT2D eigenvalue weighted by Crippen LogP contribution is -2.03. The molecule has 1 aliphatic rings. The third-order valence-corrected chi connectivity index (χ3v) is 3.18. The summed E-state index contributed by atoms with van der Waals surface area (Å²) >= 11 is 6.21. The second-order valence-electron chi connectivity index (χ2n) is 3.54. The van der Waals surface area contributed by atoms with Crippen LogP contribution in [0.25, 0.3) is 0 Å². The first kappa shape index (κ1) is 8.12. The van der Waals surface area contributed by atoms with Gasteiger partial charge in [-0.05, 0) is 49.3 Å². The van der Waals surface area contributed by atoms with E-state index in [4.69, 9.17) is 11.6 Å². The second-order valence-corrected chi connectivity index (χ2v) is 3.92. The average molecular weight is 181 g/mol. The smallest absolute Gasteiger partial charge is 0.0469 e. The van der Waals surface area contributed by atoms with E-state index in [0.717, 1.165) is 5.02 Å². The molecule has 12 heavy (non-hydrogen) atoms. The summed E-state index contributed by atoms with van der Waals surface area (Å²) in [5.41, 5.74) is 4.09. The molecule has 0 aromatic heterocycles. The Balaban J connectivity index is 2.54. The van der Waals surface area contributed by atoms with Crippen molar-refractivity contribution in [2.45, 2.75) is 32.6 Å². The summed E-state index contributed by atoms with van der Waals surface area (Å²) in [4.78, 5) is 0. The number of aryl methyl sites for hydroxylation is 2. The van der Waals surface area contributed by atoms with Crippen molar-refractivity contribution in [3.8, 4) is 0 Å². The minimum atomic E-state index is 1.01. The van der Waals surface area contributed by atoms with Crippen LogP contribution in [0.15, 0.2) is 12.1 Å². The molecule has 0 amide bonds. The lowest BCUT2D eigenvalue weighted by atomic mass is 9.90. The third-order valence-electron chi connectivity index (χ3n) is 2.66. The van der Waals surface area contributed by atoms with Crippen molar-refractivity contribution >= 4 is 11.6 Å². The number of rotatable bonds is 0. The topological polar surface area (TPSA) is 0 Å². The molecule has 0 atom stereocenters. The second kappa shape index (κ2) is 3.10. The molecule has 0 fully saturated rings. The molecular weight excluding hydrogens is 168 g/mol. The molecule has 1 aromatic carbocycles. The molecule has 1 heteroatoms. The Labute approximate surface area is 78.6 Å². The van der Waals surface area contributed by atoms with Crippen LogP contribution in [0, 0.1) is 6.92 Å². The molecule has 0 nitrogen and oxygen atoms in total. The van der Waals surface area contributed by atoms with Crippen molar-refractivity contribution in [1.82, 2.24) is 0 Å². The van der Waals surface area contributed by atoms with Gasteiger partial charge in [-0.15, -0.1) is 0 Å². The molecule has 0 saturated carbocycles. The summed E-state index contributed by atoms with van der Waals surface area (Å²) in [6, 6.07) is 4.36. The number of hydrogen-bond acceptors (Lipinski definition) is 0. The Morgan fingerprint density at radius 3 is 2.75 bits per heavy atom. The fraction of sp³-hybridized carbons (Fsp3) is 0.455. The van der Waals surface area contributed by atoms with Crippen LogP contribution in [0.4, 0.5) is 0 Å². The maximum atomic E-state index is 6.21. The Morgan fingerprint density at radius 2 is 1.92 bits per heavy atom. The normalized spacial score (nSPS) is 15.8. The summed E-state index contributed by atoms with van der Waals surface area (Å²) in [5.74, 6) is 0. The van der Waals surface area contributed by atoms with Gasteiger partial charge in [0, 0.05) is 5.02 Å². The molecule has 1 aromatic rings. The van der Waals surface area contributed by atoms with Gasteiger partial charge < -0.3 is 0 Å². The molecule has 0 N–H and O–H groups in total. The molecule has 0 saturated heterocycles. The quantitative estimate of drug-likeness (QED) is 0.573. The van der Waals surface area contributed by atoms with Crippen molar-refractivity contribution in [3.05, 3.63) is 33.8 Å². The summed E-state index contributed by atoms with van der Waals surface area (Å²) in [5, 5.41) is 1.01. The lowest BCUT2D eigenvalue weighted by Gasteiger charge is -2.17. The van der Waals surface area contributed by atoms with Gasteiger partial charge in [-0.1, -0.05) is 23.7 Å². The van der Waals surface area contributed by atoms with E-state index >= 15 is 0 Å². The Kier molecular flexibility index (Phi) is 2.10. The summed E-state index contributed by atoms with van der Waals surface area (Å²) < 4.78 is 0. The third kappa shape index (κ3) is 1.25. The van der Waals surface area contributed by atoms with E-state index in [1.54, 1.807) is 0 Å². The molecule has 0 unspecified atom stereocenters. The van der Waals surface area contributed by atoms with Crippen molar-refractivity contribution in [1.29, 1.82) is 0 Å². The fourth-order valence-electron chi connectivity index (χ4n) is 1.90. The van der Waals surface area contributed by atoms with Crippen molar-refractivity contribution < 1.29 is 0 Å². The highest BCUT2D eigenvalue weighted by Crippen LogP contribution is 2.29. The Bertz CT molecular complexity index is 302. The standard InChI is InChI=1S/C11H13Cl/c1-8-6-7-9-4-2-3-5-10(9)11(8)12/h6-7H,2-5H2,1H3. The lowest BCUT2D eigenvalue weighted by molar-refractivity contribution is 0.685. The molecule has 64 valence electrons. The molecule has 0 spiro atoms. The van der Waals surface area contributed by atoms with Gasteiger partial charge in [0.25, 0.3) is 0 Å². The van der Waals surface area contributed by atoms with Gasteiger partial charge in [0.05, 0.1) is 0 Å². The van der Waals surface area contributed by atoms with E-state index in [1.165, 1.54) is 42.4 Å². The van der Waals surface area contributed by atoms with Crippen LogP contribution in [-0.2, 0) is 12.8 Å². The minimum absolute atomic E-state index is 1.01. The summed E-state index contributed by atoms with van der Waals surface area (Å²) in [6.45, 7) is 2.08. The van der Waals surface area contributed by atoms with Crippen LogP contribution in [0.3, 0.4) is 0 Å². The minimum Gasteiger partial charge on any atom is -0.0837 e. The van der Waals surface area contributed by atoms with E-state index in [0.29, 0.717) is 0 Å². The maximum absolute atomic E-state index is 6.21. The zero-order valence-electron chi connectivity index (χ0n) is 7.36. The van der Waals surface area contributed by atoms with Crippen molar-refractivity contribution in [2.75, 3.05) is 0 Å². The van der Waals surface area contributed by atoms with E-state index < -0.39 is 0 Å². The van der Waals surface area contributed by atoms with Crippen LogP contribution in [-0.4, -0.2) is 0 Å². The van der Waals surface area contributed by atoms with E-state index in [-0.39, 0.29) is 0 Å². The van der Waals surface area contributed by atoms with Crippen LogP contribution < -0.4 is 0 Å². The van der Waals surface area contributed by atoms with Gasteiger partial charge in [-0.2, -0.15) is 0 Å². The number of fused-ring (bicyclic) bond motifs is 1. The van der Waals surface area contributed by atoms with Gasteiger partial charge in [-0.25, -0.2) is 0 Å². The SMILES string of the molecule is Cc1ccc2c(c1Cl)CCCC2. The molecule has 0 radical (unpaired) electrons. The predicted molar refractivity (Wildman–Crippen MR) is 52.8 cm³/mol. The number of benzene rings is 1. The molecule has 2 rings (SSSR count). The predicted octanol–water partition coefficient (Wildman–Crippen LogP) is 3.53. The molecule has 0 aliphatic heterocycles. The van der Waals surface area contributed by atoms with Gasteiger partial charge in [-0.3, -0.25) is 0 Å². The van der Waals surface area contributed by atoms with Gasteiger partial charge >= 0.3 is 0 Å². The molecule has 0 heterocycles. The first-order valence-electron chi connectivity index (χ1n) is 4.56. The summed E-state index contributed by atoms with van der Waals surface area (Å²) in [7, 11) is 0. The highest BCUT2D eigenvalue weighted by molar-refractivity contribution is 6.32. The zero-order valence-corrected chi connectivity index (χ0v) is 8.12. The van der Waals surface area contributed by atoms with Crippen LogP contribution in [0.2, 0.25) is 5.02 Å². The van der Waals surface area contributed by atoms with Crippen LogP contribution in [0.1, 0.15) is 29.5 Å². The Morgan fingerprint density at radius 1 is 1.17 bits per heavy atom. The van der Waals surface area contributed by atoms with Crippen molar-refractivity contribution in [3.63, 3.8) is 0 Å². The Hall–Kier alpha value is -0.490. The monoisotopic (exact) mass is 180 g/mol. The number of halogens is 1. The molecular formula is C11H13Cl.